The normalized spacial score (nSPS) is 21.9. The molecule has 0 saturated carbocycles. The molecule has 0 aliphatic rings. The first-order valence-corrected chi connectivity index (χ1v) is 4.85. The van der Waals surface area contributed by atoms with Crippen LogP contribution in [0.2, 0.25) is 0 Å². The number of hydrogen-bond acceptors (Lipinski definition) is 7. The van der Waals surface area contributed by atoms with Gasteiger partial charge in [0.05, 0.1) is 12.7 Å². The Morgan fingerprint density at radius 2 is 1.06 bits per heavy atom. The molecule has 2 unspecified atom stereocenters. The van der Waals surface area contributed by atoms with E-state index in [0.717, 1.165) is 0 Å². The van der Waals surface area contributed by atoms with E-state index in [-0.39, 0.29) is 36.0 Å². The van der Waals surface area contributed by atoms with Crippen LogP contribution in [-0.2, 0) is 0 Å². The van der Waals surface area contributed by atoms with E-state index in [1.807, 2.05) is 0 Å². The summed E-state index contributed by atoms with van der Waals surface area (Å²) in [5.74, 6) is 0. The second-order valence-corrected chi connectivity index (χ2v) is 3.57. The van der Waals surface area contributed by atoms with Crippen molar-refractivity contribution in [2.75, 3.05) is 6.61 Å². The van der Waals surface area contributed by atoms with Gasteiger partial charge in [0.15, 0.2) is 0 Å². The molecule has 0 aromatic rings. The fourth-order valence-electron chi connectivity index (χ4n) is 1.14. The zero-order chi connectivity index (χ0) is 12.9. The Labute approximate surface area is 122 Å². The molecule has 0 aromatic heterocycles. The molecule has 0 rings (SSSR count). The Bertz CT molecular complexity index is 174. The summed E-state index contributed by atoms with van der Waals surface area (Å²) in [6.07, 6.45) is -10.4. The van der Waals surface area contributed by atoms with E-state index in [1.165, 1.54) is 0 Å². The molecule has 99 valence electrons. The first kappa shape index (κ1) is 20.0. The molecule has 0 spiro atoms. The molecule has 0 fully saturated rings. The Balaban J connectivity index is 0. The number of aliphatic hydroxyl groups is 7. The van der Waals surface area contributed by atoms with Crippen molar-refractivity contribution < 1.29 is 35.7 Å². The fourth-order valence-corrected chi connectivity index (χ4v) is 1.14. The summed E-state index contributed by atoms with van der Waals surface area (Å²) in [5.41, 5.74) is 0. The van der Waals surface area contributed by atoms with Crippen molar-refractivity contribution in [2.45, 2.75) is 43.0 Å². The second-order valence-electron chi connectivity index (χ2n) is 3.57. The van der Waals surface area contributed by atoms with Crippen molar-refractivity contribution in [1.29, 1.82) is 0 Å². The van der Waals surface area contributed by atoms with Crippen molar-refractivity contribution >= 4 is 29.6 Å². The number of rotatable bonds is 7. The maximum absolute atomic E-state index is 9.36. The van der Waals surface area contributed by atoms with Crippen LogP contribution in [0.15, 0.2) is 0 Å². The third-order valence-electron chi connectivity index (χ3n) is 2.32. The van der Waals surface area contributed by atoms with Gasteiger partial charge in [-0.25, -0.2) is 0 Å². The average molecular weight is 263 g/mol. The second kappa shape index (κ2) is 9.62. The van der Waals surface area contributed by atoms with Crippen LogP contribution < -0.4 is 0 Å². The molecule has 0 bridgehead atoms. The summed E-state index contributed by atoms with van der Waals surface area (Å²) in [4.78, 5) is 0. The number of hydrogen-bond donors (Lipinski definition) is 7. The monoisotopic (exact) mass is 263 g/mol. The molecule has 0 saturated heterocycles. The molecule has 6 atom stereocenters. The van der Waals surface area contributed by atoms with Gasteiger partial charge in [-0.15, -0.1) is 0 Å². The van der Waals surface area contributed by atoms with Gasteiger partial charge in [-0.2, -0.15) is 0 Å². The molecule has 17 heavy (non-hydrogen) atoms. The molecule has 0 aromatic carbocycles. The Kier molecular flexibility index (Phi) is 11.3. The zero-order valence-corrected chi connectivity index (χ0v) is 8.72. The third kappa shape index (κ3) is 5.93. The van der Waals surface area contributed by atoms with Gasteiger partial charge >= 0.3 is 29.6 Å². The van der Waals surface area contributed by atoms with E-state index >= 15 is 0 Å². The first-order chi connectivity index (χ1) is 7.36. The predicted octanol–water partition coefficient (Wildman–Crippen LogP) is -4.28. The molecule has 7 nitrogen and oxygen atoms in total. The van der Waals surface area contributed by atoms with Crippen LogP contribution in [-0.4, -0.2) is 109 Å². The minimum atomic E-state index is -1.89. The van der Waals surface area contributed by atoms with Gasteiger partial charge in [-0.05, 0) is 6.42 Å². The quantitative estimate of drug-likeness (QED) is 0.230. The van der Waals surface area contributed by atoms with Crippen LogP contribution in [0, 0.1) is 6.92 Å². The zero-order valence-electron chi connectivity index (χ0n) is 8.72. The first-order valence-electron chi connectivity index (χ1n) is 4.85. The van der Waals surface area contributed by atoms with Crippen molar-refractivity contribution in [2.24, 2.45) is 0 Å². The topological polar surface area (TPSA) is 142 Å². The van der Waals surface area contributed by atoms with E-state index in [0.29, 0.717) is 0 Å². The standard InChI is InChI=1S/C9H19O7.Na.H/c1-2-4(11)6(13)8(15)9(16)7(14)5(12)3-10;;/h4-16H,1-3H2;;/t4?,5-,6?,7-,8-,9+;;/m1../s1. The molecular weight excluding hydrogens is 243 g/mol. The Morgan fingerprint density at radius 3 is 1.35 bits per heavy atom. The third-order valence-corrected chi connectivity index (χ3v) is 2.32. The molecule has 0 amide bonds. The van der Waals surface area contributed by atoms with Crippen LogP contribution >= 0.6 is 0 Å². The summed E-state index contributed by atoms with van der Waals surface area (Å²) < 4.78 is 0. The van der Waals surface area contributed by atoms with Crippen molar-refractivity contribution in [3.05, 3.63) is 6.92 Å². The molecule has 8 heteroatoms. The van der Waals surface area contributed by atoms with Crippen molar-refractivity contribution in [3.8, 4) is 0 Å². The van der Waals surface area contributed by atoms with Crippen molar-refractivity contribution in [1.82, 2.24) is 0 Å². The summed E-state index contributed by atoms with van der Waals surface area (Å²) in [5, 5.41) is 63.9. The van der Waals surface area contributed by atoms with Crippen LogP contribution in [0.5, 0.6) is 0 Å². The fraction of sp³-hybridized carbons (Fsp3) is 0.889. The average Bonchev–Trinajstić information content (AvgIpc) is 2.32. The van der Waals surface area contributed by atoms with Gasteiger partial charge in [0.1, 0.15) is 30.5 Å². The van der Waals surface area contributed by atoms with E-state index in [2.05, 4.69) is 6.92 Å². The predicted molar refractivity (Wildman–Crippen MR) is 60.2 cm³/mol. The molecule has 7 N–H and O–H groups in total. The van der Waals surface area contributed by atoms with Gasteiger partial charge in [-0.3, -0.25) is 0 Å². The van der Waals surface area contributed by atoms with E-state index in [9.17, 15) is 20.4 Å². The van der Waals surface area contributed by atoms with Gasteiger partial charge in [0.2, 0.25) is 0 Å². The molecule has 0 aliphatic carbocycles. The molecular formula is C9H20NaO7. The summed E-state index contributed by atoms with van der Waals surface area (Å²) >= 11 is 0. The van der Waals surface area contributed by atoms with E-state index in [1.54, 1.807) is 0 Å². The van der Waals surface area contributed by atoms with Gasteiger partial charge in [0, 0.05) is 0 Å². The summed E-state index contributed by atoms with van der Waals surface area (Å²) in [6, 6.07) is 0. The van der Waals surface area contributed by atoms with Gasteiger partial charge < -0.3 is 35.7 Å². The summed E-state index contributed by atoms with van der Waals surface area (Å²) in [7, 11) is 0. The van der Waals surface area contributed by atoms with Crippen LogP contribution in [0.3, 0.4) is 0 Å². The summed E-state index contributed by atoms with van der Waals surface area (Å²) in [6.45, 7) is 2.48. The maximum atomic E-state index is 9.36. The van der Waals surface area contributed by atoms with E-state index in [4.69, 9.17) is 15.3 Å². The molecule has 0 heterocycles. The minimum absolute atomic E-state index is 0. The number of aliphatic hydroxyl groups excluding tert-OH is 7. The molecule has 0 aliphatic heterocycles. The SMILES string of the molecule is [CH2]CC(O)C(O)[C@@H](O)[C@@H](O)[C@H](O)[C@H](O)CO.[NaH]. The van der Waals surface area contributed by atoms with Crippen LogP contribution in [0.25, 0.3) is 0 Å². The molecule has 1 radical (unpaired) electrons. The Morgan fingerprint density at radius 1 is 0.706 bits per heavy atom. The van der Waals surface area contributed by atoms with Crippen molar-refractivity contribution in [3.63, 3.8) is 0 Å². The van der Waals surface area contributed by atoms with Crippen LogP contribution in [0.4, 0.5) is 0 Å². The van der Waals surface area contributed by atoms with Gasteiger partial charge in [0.25, 0.3) is 0 Å². The van der Waals surface area contributed by atoms with Crippen LogP contribution in [0.1, 0.15) is 6.42 Å². The van der Waals surface area contributed by atoms with E-state index < -0.39 is 43.2 Å². The van der Waals surface area contributed by atoms with Gasteiger partial charge in [-0.1, -0.05) is 6.92 Å². The Hall–Kier alpha value is 0.720.